The second-order valence-electron chi connectivity index (χ2n) is 3.93. The second kappa shape index (κ2) is 2.54. The summed E-state index contributed by atoms with van der Waals surface area (Å²) in [5, 5.41) is 9.08. The van der Waals surface area contributed by atoms with Gasteiger partial charge in [0, 0.05) is 0 Å². The molecule has 0 spiro atoms. The summed E-state index contributed by atoms with van der Waals surface area (Å²) in [5.74, 6) is 1.89. The first-order chi connectivity index (χ1) is 4.86. The van der Waals surface area contributed by atoms with Gasteiger partial charge in [-0.2, -0.15) is 0 Å². The van der Waals surface area contributed by atoms with Crippen LogP contribution in [0.15, 0.2) is 0 Å². The van der Waals surface area contributed by atoms with Gasteiger partial charge in [-0.25, -0.2) is 0 Å². The molecule has 0 aromatic heterocycles. The van der Waals surface area contributed by atoms with Gasteiger partial charge in [-0.15, -0.1) is 0 Å². The maximum absolute atomic E-state index is 9.08. The second-order valence-corrected chi connectivity index (χ2v) is 3.93. The molecular formula is C9H16O. The maximum atomic E-state index is 9.08. The van der Waals surface area contributed by atoms with Gasteiger partial charge in [0.25, 0.3) is 0 Å². The highest BCUT2D eigenvalue weighted by Crippen LogP contribution is 2.41. The molecule has 10 heavy (non-hydrogen) atoms. The van der Waals surface area contributed by atoms with Crippen LogP contribution in [0.5, 0.6) is 0 Å². The zero-order valence-electron chi connectivity index (χ0n) is 6.42. The van der Waals surface area contributed by atoms with Gasteiger partial charge in [0.1, 0.15) is 0 Å². The van der Waals surface area contributed by atoms with Crippen LogP contribution in [0.4, 0.5) is 0 Å². The van der Waals surface area contributed by atoms with Crippen molar-refractivity contribution in [1.29, 1.82) is 0 Å². The van der Waals surface area contributed by atoms with E-state index in [4.69, 9.17) is 5.11 Å². The van der Waals surface area contributed by atoms with Crippen molar-refractivity contribution in [3.8, 4) is 0 Å². The summed E-state index contributed by atoms with van der Waals surface area (Å²) in [4.78, 5) is 0. The zero-order valence-corrected chi connectivity index (χ0v) is 6.42. The Labute approximate surface area is 62.4 Å². The lowest BCUT2D eigenvalue weighted by atomic mass is 9.73. The molecule has 0 radical (unpaired) electrons. The standard InChI is InChI=1S/C9H16O/c10-9-5-8(6-9)7-3-1-2-4-7/h7-10H,1-6H2. The van der Waals surface area contributed by atoms with Gasteiger partial charge in [-0.1, -0.05) is 25.7 Å². The van der Waals surface area contributed by atoms with Crippen molar-refractivity contribution < 1.29 is 5.11 Å². The summed E-state index contributed by atoms with van der Waals surface area (Å²) in [6.07, 6.45) is 8.03. The van der Waals surface area contributed by atoms with Crippen LogP contribution in [0.3, 0.4) is 0 Å². The van der Waals surface area contributed by atoms with Crippen molar-refractivity contribution >= 4 is 0 Å². The van der Waals surface area contributed by atoms with Crippen LogP contribution in [0, 0.1) is 11.8 Å². The summed E-state index contributed by atoms with van der Waals surface area (Å²) in [7, 11) is 0. The molecule has 2 saturated carbocycles. The third kappa shape index (κ3) is 1.07. The third-order valence-corrected chi connectivity index (χ3v) is 3.22. The van der Waals surface area contributed by atoms with E-state index in [2.05, 4.69) is 0 Å². The SMILES string of the molecule is OC1CC(C2CCCC2)C1. The predicted octanol–water partition coefficient (Wildman–Crippen LogP) is 1.95. The zero-order chi connectivity index (χ0) is 6.97. The Hall–Kier alpha value is -0.0400. The maximum Gasteiger partial charge on any atom is 0.0545 e. The van der Waals surface area contributed by atoms with E-state index >= 15 is 0 Å². The minimum absolute atomic E-state index is 0.0607. The normalized spacial score (nSPS) is 41.7. The summed E-state index contributed by atoms with van der Waals surface area (Å²) >= 11 is 0. The minimum Gasteiger partial charge on any atom is -0.393 e. The van der Waals surface area contributed by atoms with Crippen LogP contribution in [0.1, 0.15) is 38.5 Å². The lowest BCUT2D eigenvalue weighted by Crippen LogP contribution is -2.32. The molecule has 2 aliphatic rings. The molecule has 58 valence electrons. The summed E-state index contributed by atoms with van der Waals surface area (Å²) in [6.45, 7) is 0. The van der Waals surface area contributed by atoms with Crippen LogP contribution < -0.4 is 0 Å². The average molecular weight is 140 g/mol. The minimum atomic E-state index is 0.0607. The molecule has 0 amide bonds. The number of hydrogen-bond donors (Lipinski definition) is 1. The number of aliphatic hydroxyl groups is 1. The first kappa shape index (κ1) is 6.66. The van der Waals surface area contributed by atoms with E-state index in [1.165, 1.54) is 25.7 Å². The van der Waals surface area contributed by atoms with Crippen molar-refractivity contribution in [2.45, 2.75) is 44.6 Å². The van der Waals surface area contributed by atoms with Gasteiger partial charge in [-0.05, 0) is 24.7 Å². The first-order valence-corrected chi connectivity index (χ1v) is 4.54. The fraction of sp³-hybridized carbons (Fsp3) is 1.00. The van der Waals surface area contributed by atoms with E-state index in [0.29, 0.717) is 0 Å². The molecule has 0 heterocycles. The molecule has 2 rings (SSSR count). The Balaban J connectivity index is 1.78. The lowest BCUT2D eigenvalue weighted by molar-refractivity contribution is 0.0155. The van der Waals surface area contributed by atoms with E-state index in [1.807, 2.05) is 0 Å². The Morgan fingerprint density at radius 2 is 1.50 bits per heavy atom. The molecule has 2 aliphatic carbocycles. The molecule has 0 atom stereocenters. The summed E-state index contributed by atoms with van der Waals surface area (Å²) in [6, 6.07) is 0. The smallest absolute Gasteiger partial charge is 0.0545 e. The molecule has 1 heteroatoms. The highest BCUT2D eigenvalue weighted by atomic mass is 16.3. The molecule has 1 N–H and O–H groups in total. The summed E-state index contributed by atoms with van der Waals surface area (Å²) < 4.78 is 0. The molecule has 0 aliphatic heterocycles. The Kier molecular flexibility index (Phi) is 1.69. The molecule has 0 unspecified atom stereocenters. The van der Waals surface area contributed by atoms with E-state index in [1.54, 1.807) is 0 Å². The van der Waals surface area contributed by atoms with Crippen molar-refractivity contribution in [1.82, 2.24) is 0 Å². The lowest BCUT2D eigenvalue weighted by Gasteiger charge is -2.35. The Morgan fingerprint density at radius 1 is 0.900 bits per heavy atom. The number of aliphatic hydroxyl groups excluding tert-OH is 1. The van der Waals surface area contributed by atoms with Gasteiger partial charge in [0.15, 0.2) is 0 Å². The molecule has 0 saturated heterocycles. The van der Waals surface area contributed by atoms with E-state index in [0.717, 1.165) is 24.7 Å². The van der Waals surface area contributed by atoms with Gasteiger partial charge < -0.3 is 5.11 Å². The fourth-order valence-electron chi connectivity index (χ4n) is 2.44. The van der Waals surface area contributed by atoms with Crippen molar-refractivity contribution in [3.05, 3.63) is 0 Å². The van der Waals surface area contributed by atoms with Crippen LogP contribution in [0.2, 0.25) is 0 Å². The van der Waals surface area contributed by atoms with Crippen LogP contribution in [0.25, 0.3) is 0 Å². The van der Waals surface area contributed by atoms with Crippen molar-refractivity contribution in [3.63, 3.8) is 0 Å². The molecule has 0 aromatic rings. The molecule has 0 aromatic carbocycles. The highest BCUT2D eigenvalue weighted by molar-refractivity contribution is 4.86. The first-order valence-electron chi connectivity index (χ1n) is 4.54. The highest BCUT2D eigenvalue weighted by Gasteiger charge is 2.34. The third-order valence-electron chi connectivity index (χ3n) is 3.22. The van der Waals surface area contributed by atoms with Gasteiger partial charge >= 0.3 is 0 Å². The number of rotatable bonds is 1. The van der Waals surface area contributed by atoms with Crippen LogP contribution >= 0.6 is 0 Å². The fourth-order valence-corrected chi connectivity index (χ4v) is 2.44. The Morgan fingerprint density at radius 3 is 2.00 bits per heavy atom. The molecular weight excluding hydrogens is 124 g/mol. The van der Waals surface area contributed by atoms with Gasteiger partial charge in [0.05, 0.1) is 6.10 Å². The van der Waals surface area contributed by atoms with Crippen LogP contribution in [-0.4, -0.2) is 11.2 Å². The molecule has 1 nitrogen and oxygen atoms in total. The predicted molar refractivity (Wildman–Crippen MR) is 40.7 cm³/mol. The van der Waals surface area contributed by atoms with Crippen LogP contribution in [-0.2, 0) is 0 Å². The molecule has 2 fully saturated rings. The van der Waals surface area contributed by atoms with E-state index in [-0.39, 0.29) is 6.10 Å². The quantitative estimate of drug-likeness (QED) is 0.590. The van der Waals surface area contributed by atoms with Gasteiger partial charge in [0.2, 0.25) is 0 Å². The topological polar surface area (TPSA) is 20.2 Å². The largest absolute Gasteiger partial charge is 0.393 e. The number of hydrogen-bond acceptors (Lipinski definition) is 1. The van der Waals surface area contributed by atoms with Crippen molar-refractivity contribution in [2.24, 2.45) is 11.8 Å². The van der Waals surface area contributed by atoms with E-state index < -0.39 is 0 Å². The monoisotopic (exact) mass is 140 g/mol. The summed E-state index contributed by atoms with van der Waals surface area (Å²) in [5.41, 5.74) is 0. The van der Waals surface area contributed by atoms with E-state index in [9.17, 15) is 0 Å². The van der Waals surface area contributed by atoms with Crippen molar-refractivity contribution in [2.75, 3.05) is 0 Å². The molecule has 0 bridgehead atoms. The Bertz CT molecular complexity index is 110. The van der Waals surface area contributed by atoms with Gasteiger partial charge in [-0.3, -0.25) is 0 Å². The average Bonchev–Trinajstić information content (AvgIpc) is 2.31.